The second-order valence-electron chi connectivity index (χ2n) is 8.26. The van der Waals surface area contributed by atoms with Crippen LogP contribution in [0.4, 0.5) is 11.4 Å². The molecule has 5 rings (SSSR count). The van der Waals surface area contributed by atoms with Gasteiger partial charge < -0.3 is 24.4 Å². The van der Waals surface area contributed by atoms with Gasteiger partial charge in [0, 0.05) is 30.4 Å². The van der Waals surface area contributed by atoms with Gasteiger partial charge in [-0.2, -0.15) is 5.10 Å². The lowest BCUT2D eigenvalue weighted by Crippen LogP contribution is -2.28. The number of anilines is 2. The molecule has 1 atom stereocenters. The van der Waals surface area contributed by atoms with Crippen molar-refractivity contribution in [1.82, 2.24) is 9.78 Å². The highest BCUT2D eigenvalue weighted by atomic mass is 16.7. The molecular weight excluding hydrogens is 452 g/mol. The number of hydrogen-bond acceptors (Lipinski definition) is 7. The van der Waals surface area contributed by atoms with Crippen LogP contribution in [0.3, 0.4) is 0 Å². The van der Waals surface area contributed by atoms with Gasteiger partial charge >= 0.3 is 5.97 Å². The molecule has 1 unspecified atom stereocenters. The molecule has 0 aliphatic carbocycles. The smallest absolute Gasteiger partial charge is 0.341 e. The van der Waals surface area contributed by atoms with Crippen molar-refractivity contribution < 1.29 is 28.6 Å². The number of hydrogen-bond donors (Lipinski definition) is 1. The Kier molecular flexibility index (Phi) is 5.86. The van der Waals surface area contributed by atoms with Gasteiger partial charge in [-0.05, 0) is 50.2 Å². The van der Waals surface area contributed by atoms with Crippen LogP contribution in [-0.2, 0) is 14.3 Å². The fraction of sp³-hybridized carbons (Fsp3) is 0.280. The SMILES string of the molecule is CCOC(=O)c1cnn(-c2ccc(NC(=O)C3CC(=O)N(c4ccc5c(c4)OCO5)C3)cc2)c1C. The van der Waals surface area contributed by atoms with E-state index >= 15 is 0 Å². The minimum absolute atomic E-state index is 0.120. The molecule has 0 spiro atoms. The van der Waals surface area contributed by atoms with Gasteiger partial charge in [-0.25, -0.2) is 9.48 Å². The molecule has 180 valence electrons. The molecule has 3 heterocycles. The van der Waals surface area contributed by atoms with Crippen LogP contribution >= 0.6 is 0 Å². The van der Waals surface area contributed by atoms with Crippen LogP contribution in [0.1, 0.15) is 29.4 Å². The molecule has 10 nitrogen and oxygen atoms in total. The van der Waals surface area contributed by atoms with Gasteiger partial charge in [0.05, 0.1) is 30.1 Å². The minimum Gasteiger partial charge on any atom is -0.462 e. The molecule has 1 aromatic heterocycles. The lowest BCUT2D eigenvalue weighted by atomic mass is 10.1. The van der Waals surface area contributed by atoms with Gasteiger partial charge in [-0.3, -0.25) is 9.59 Å². The van der Waals surface area contributed by atoms with Crippen LogP contribution in [0.5, 0.6) is 11.5 Å². The van der Waals surface area contributed by atoms with E-state index in [0.717, 1.165) is 5.69 Å². The number of benzene rings is 2. The molecular formula is C25H24N4O6. The summed E-state index contributed by atoms with van der Waals surface area (Å²) in [6.45, 7) is 4.27. The Bertz CT molecular complexity index is 1300. The predicted octanol–water partition coefficient (Wildman–Crippen LogP) is 3.08. The third-order valence-electron chi connectivity index (χ3n) is 6.05. The summed E-state index contributed by atoms with van der Waals surface area (Å²) < 4.78 is 17.4. The van der Waals surface area contributed by atoms with E-state index in [1.54, 1.807) is 65.9 Å². The fourth-order valence-corrected chi connectivity index (χ4v) is 4.20. The zero-order chi connectivity index (χ0) is 24.5. The van der Waals surface area contributed by atoms with E-state index in [4.69, 9.17) is 14.2 Å². The molecule has 35 heavy (non-hydrogen) atoms. The summed E-state index contributed by atoms with van der Waals surface area (Å²) in [7, 11) is 0. The van der Waals surface area contributed by atoms with Crippen molar-refractivity contribution in [3.63, 3.8) is 0 Å². The summed E-state index contributed by atoms with van der Waals surface area (Å²) in [5.74, 6) is -0.0140. The quantitative estimate of drug-likeness (QED) is 0.544. The molecule has 1 N–H and O–H groups in total. The molecule has 2 aliphatic rings. The predicted molar refractivity (Wildman–Crippen MR) is 126 cm³/mol. The third kappa shape index (κ3) is 4.30. The maximum atomic E-state index is 12.9. The minimum atomic E-state index is -0.479. The van der Waals surface area contributed by atoms with Crippen molar-refractivity contribution in [3.8, 4) is 17.2 Å². The van der Waals surface area contributed by atoms with Crippen molar-refractivity contribution in [2.75, 3.05) is 30.2 Å². The third-order valence-corrected chi connectivity index (χ3v) is 6.05. The fourth-order valence-electron chi connectivity index (χ4n) is 4.20. The molecule has 0 bridgehead atoms. The average Bonchev–Trinajstić information content (AvgIpc) is 3.57. The van der Waals surface area contributed by atoms with Crippen molar-refractivity contribution in [1.29, 1.82) is 0 Å². The molecule has 2 amide bonds. The molecule has 3 aromatic rings. The Labute approximate surface area is 201 Å². The van der Waals surface area contributed by atoms with Crippen LogP contribution in [-0.4, -0.2) is 47.5 Å². The number of nitrogens with zero attached hydrogens (tertiary/aromatic N) is 3. The van der Waals surface area contributed by atoms with Crippen molar-refractivity contribution >= 4 is 29.2 Å². The normalized spacial score (nSPS) is 16.5. The van der Waals surface area contributed by atoms with E-state index in [1.165, 1.54) is 6.20 Å². The summed E-state index contributed by atoms with van der Waals surface area (Å²) in [5, 5.41) is 7.16. The van der Waals surface area contributed by atoms with E-state index in [1.807, 2.05) is 0 Å². The van der Waals surface area contributed by atoms with E-state index in [9.17, 15) is 14.4 Å². The number of esters is 1. The van der Waals surface area contributed by atoms with E-state index in [0.29, 0.717) is 40.7 Å². The lowest BCUT2D eigenvalue weighted by molar-refractivity contribution is -0.122. The Morgan fingerprint density at radius 1 is 1.11 bits per heavy atom. The Morgan fingerprint density at radius 3 is 2.63 bits per heavy atom. The Hall–Kier alpha value is -4.34. The van der Waals surface area contributed by atoms with Gasteiger partial charge in [0.1, 0.15) is 5.56 Å². The largest absolute Gasteiger partial charge is 0.462 e. The maximum absolute atomic E-state index is 12.9. The molecule has 0 saturated carbocycles. The first-order valence-corrected chi connectivity index (χ1v) is 11.3. The van der Waals surface area contributed by atoms with Crippen LogP contribution in [0.2, 0.25) is 0 Å². The first-order chi connectivity index (χ1) is 16.9. The number of fused-ring (bicyclic) bond motifs is 1. The van der Waals surface area contributed by atoms with Crippen molar-refractivity contribution in [2.45, 2.75) is 20.3 Å². The highest BCUT2D eigenvalue weighted by Crippen LogP contribution is 2.37. The Morgan fingerprint density at radius 2 is 1.86 bits per heavy atom. The summed E-state index contributed by atoms with van der Waals surface area (Å²) in [4.78, 5) is 39.1. The van der Waals surface area contributed by atoms with Gasteiger partial charge in [0.2, 0.25) is 18.6 Å². The van der Waals surface area contributed by atoms with E-state index in [2.05, 4.69) is 10.4 Å². The zero-order valence-corrected chi connectivity index (χ0v) is 19.3. The van der Waals surface area contributed by atoms with E-state index < -0.39 is 11.9 Å². The van der Waals surface area contributed by atoms with Gasteiger partial charge in [-0.15, -0.1) is 0 Å². The second-order valence-corrected chi connectivity index (χ2v) is 8.26. The van der Waals surface area contributed by atoms with Crippen LogP contribution in [0.15, 0.2) is 48.7 Å². The van der Waals surface area contributed by atoms with Crippen LogP contribution < -0.4 is 19.7 Å². The molecule has 1 fully saturated rings. The highest BCUT2D eigenvalue weighted by Gasteiger charge is 2.35. The van der Waals surface area contributed by atoms with Gasteiger partial charge in [0.15, 0.2) is 11.5 Å². The number of rotatable bonds is 6. The Balaban J connectivity index is 1.24. The maximum Gasteiger partial charge on any atom is 0.341 e. The van der Waals surface area contributed by atoms with Gasteiger partial charge in [0.25, 0.3) is 0 Å². The highest BCUT2D eigenvalue weighted by molar-refractivity contribution is 6.03. The van der Waals surface area contributed by atoms with Crippen LogP contribution in [0, 0.1) is 12.8 Å². The van der Waals surface area contributed by atoms with Crippen molar-refractivity contribution in [3.05, 3.63) is 59.9 Å². The number of amides is 2. The first-order valence-electron chi connectivity index (χ1n) is 11.3. The molecule has 2 aliphatic heterocycles. The summed E-state index contributed by atoms with van der Waals surface area (Å²) in [6.07, 6.45) is 1.60. The summed E-state index contributed by atoms with van der Waals surface area (Å²) in [6, 6.07) is 12.4. The second kappa shape index (κ2) is 9.13. The lowest BCUT2D eigenvalue weighted by Gasteiger charge is -2.17. The van der Waals surface area contributed by atoms with Crippen molar-refractivity contribution in [2.24, 2.45) is 5.92 Å². The number of carbonyl (C=O) groups excluding carboxylic acids is 3. The monoisotopic (exact) mass is 476 g/mol. The first kappa shape index (κ1) is 22.5. The average molecular weight is 476 g/mol. The summed E-state index contributed by atoms with van der Waals surface area (Å²) >= 11 is 0. The van der Waals surface area contributed by atoms with Gasteiger partial charge in [-0.1, -0.05) is 0 Å². The molecule has 2 aromatic carbocycles. The number of aromatic nitrogens is 2. The topological polar surface area (TPSA) is 112 Å². The molecule has 0 radical (unpaired) electrons. The standard InChI is InChI=1S/C25H24N4O6/c1-3-33-25(32)20-12-26-29(15(20)2)18-6-4-17(5-7-18)27-24(31)16-10-23(30)28(13-16)19-8-9-21-22(11-19)35-14-34-21/h4-9,11-12,16H,3,10,13-14H2,1-2H3,(H,27,31). The number of ether oxygens (including phenoxy) is 3. The van der Waals surface area contributed by atoms with E-state index in [-0.39, 0.29) is 31.6 Å². The number of carbonyl (C=O) groups is 3. The molecule has 10 heteroatoms. The molecule has 1 saturated heterocycles. The summed E-state index contributed by atoms with van der Waals surface area (Å²) in [5.41, 5.74) is 3.08. The number of nitrogens with one attached hydrogen (secondary N) is 1. The van der Waals surface area contributed by atoms with Crippen LogP contribution in [0.25, 0.3) is 5.69 Å². The zero-order valence-electron chi connectivity index (χ0n) is 19.3.